The first-order chi connectivity index (χ1) is 2.00. The summed E-state index contributed by atoms with van der Waals surface area (Å²) in [6.07, 6.45) is 0. The molecule has 4 heavy (non-hydrogen) atoms. The van der Waals surface area contributed by atoms with Gasteiger partial charge >= 0.3 is 51.8 Å². The summed E-state index contributed by atoms with van der Waals surface area (Å²) in [5.41, 5.74) is 0. The fraction of sp³-hybridized carbons (Fsp3) is 0. The fourth-order valence-corrected chi connectivity index (χ4v) is 0. The van der Waals surface area contributed by atoms with Crippen LogP contribution in [0.5, 0.6) is 0 Å². The van der Waals surface area contributed by atoms with E-state index in [0.29, 0.717) is 21.0 Å². The van der Waals surface area contributed by atoms with Crippen molar-refractivity contribution in [2.75, 3.05) is 0 Å². The van der Waals surface area contributed by atoms with Crippen LogP contribution in [0.25, 0.3) is 0 Å². The van der Waals surface area contributed by atoms with Gasteiger partial charge in [-0.2, -0.15) is 0 Å². The van der Waals surface area contributed by atoms with Gasteiger partial charge in [0.25, 0.3) is 0 Å². The minimum atomic E-state index is 0.0556. The van der Waals surface area contributed by atoms with Gasteiger partial charge in [-0.05, 0) is 0 Å². The predicted octanol–water partition coefficient (Wildman–Crippen LogP) is -0.889. The average Bonchev–Trinajstić information content (AvgIpc) is 1.50. The van der Waals surface area contributed by atoms with Gasteiger partial charge in [-0.25, -0.2) is 0 Å². The van der Waals surface area contributed by atoms with Crippen LogP contribution >= 0.6 is 0 Å². The zero-order chi connectivity index (χ0) is 4.00. The van der Waals surface area contributed by atoms with Crippen LogP contribution in [-0.2, 0) is 27.1 Å². The van der Waals surface area contributed by atoms with Crippen molar-refractivity contribution in [3.05, 3.63) is 0 Å². The maximum absolute atomic E-state index is 8.39. The molecule has 0 aromatic heterocycles. The first-order valence-electron chi connectivity index (χ1n) is 0.387. The zero-order valence-electron chi connectivity index (χ0n) is 1.76. The third-order valence-corrected chi connectivity index (χ3v) is 0. The molecule has 0 aliphatic heterocycles. The molecule has 4 heteroatoms. The Hall–Kier alpha value is 1.22. The molecule has 0 saturated heterocycles. The van der Waals surface area contributed by atoms with E-state index in [1.807, 2.05) is 0 Å². The molecule has 0 aliphatic carbocycles. The molecule has 0 aliphatic rings. The first kappa shape index (κ1) is 8.97. The minimum absolute atomic E-state index is 0.0556. The second-order valence-corrected chi connectivity index (χ2v) is 0. The van der Waals surface area contributed by atoms with E-state index >= 15 is 0 Å². The fourth-order valence-electron chi connectivity index (χ4n) is 0. The van der Waals surface area contributed by atoms with Crippen molar-refractivity contribution < 1.29 is 27.1 Å². The van der Waals surface area contributed by atoms with Crippen LogP contribution in [0.1, 0.15) is 0 Å². The predicted molar refractivity (Wildman–Crippen MR) is 8.52 cm³/mol. The van der Waals surface area contributed by atoms with Crippen molar-refractivity contribution in [1.29, 1.82) is 0 Å². The molecule has 0 spiro atoms. The van der Waals surface area contributed by atoms with Crippen LogP contribution in [0.15, 0.2) is 0 Å². The number of hydrogen-bond acceptors (Lipinski definition) is 2. The summed E-state index contributed by atoms with van der Waals surface area (Å²) in [5, 5.41) is 0. The average molecular weight is 335 g/mol. The molecule has 0 aromatic rings. The Balaban J connectivity index is 0. The summed E-state index contributed by atoms with van der Waals surface area (Å²) >= 11 is 0.556. The molecular weight excluding hydrogens is 334 g/mol. The first-order valence-corrected chi connectivity index (χ1v) is 2.87. The summed E-state index contributed by atoms with van der Waals surface area (Å²) in [6.45, 7) is 0. The van der Waals surface area contributed by atoms with E-state index in [1.54, 1.807) is 0 Å². The molecule has 0 heterocycles. The number of rotatable bonds is 0. The molecule has 0 fully saturated rings. The van der Waals surface area contributed by atoms with Crippen molar-refractivity contribution in [2.45, 2.75) is 0 Å². The van der Waals surface area contributed by atoms with E-state index in [-0.39, 0.29) is 24.7 Å². The van der Waals surface area contributed by atoms with Crippen LogP contribution in [0, 0.1) is 0 Å². The van der Waals surface area contributed by atoms with Gasteiger partial charge in [0.15, 0.2) is 0 Å². The molecule has 0 rings (SSSR count). The molecule has 0 amide bonds. The maximum atomic E-state index is 8.39. The number of hydrogen-bond donors (Lipinski definition) is 0. The van der Waals surface area contributed by atoms with Gasteiger partial charge in [0.05, 0.1) is 0 Å². The Morgan fingerprint density at radius 1 is 1.25 bits per heavy atom. The molecule has 0 bridgehead atoms. The normalized spacial score (nSPS) is 1.75. The standard InChI is InChI=1S/Bi.Nb.2O.H. The Morgan fingerprint density at radius 2 is 1.25 bits per heavy atom. The van der Waals surface area contributed by atoms with Crippen LogP contribution in [0.4, 0.5) is 0 Å². The Labute approximate surface area is 51.5 Å². The van der Waals surface area contributed by atoms with Crippen molar-refractivity contribution in [3.8, 4) is 0 Å². The second-order valence-electron chi connectivity index (χ2n) is 0. The monoisotopic (exact) mass is 335 g/mol. The molecule has 0 unspecified atom stereocenters. The Bertz CT molecular complexity index is 8.00. The van der Waals surface area contributed by atoms with Crippen LogP contribution in [0.2, 0.25) is 0 Å². The molecule has 2 nitrogen and oxygen atoms in total. The molecule has 0 radical (unpaired) electrons. The van der Waals surface area contributed by atoms with E-state index in [2.05, 4.69) is 0 Å². The summed E-state index contributed by atoms with van der Waals surface area (Å²) in [7, 11) is 0. The molecule has 0 saturated carbocycles. The topological polar surface area (TPSA) is 34.1 Å². The van der Waals surface area contributed by atoms with Crippen LogP contribution in [0.3, 0.4) is 0 Å². The van der Waals surface area contributed by atoms with Crippen molar-refractivity contribution in [2.24, 2.45) is 0 Å². The van der Waals surface area contributed by atoms with Crippen LogP contribution in [-0.4, -0.2) is 24.7 Å². The molecule has 0 aromatic carbocycles. The summed E-state index contributed by atoms with van der Waals surface area (Å²) < 4.78 is 16.7. The zero-order valence-corrected chi connectivity index (χ0v) is 7.85. The third kappa shape index (κ3) is 10.6. The van der Waals surface area contributed by atoms with Gasteiger partial charge in [0.1, 0.15) is 0 Å². The summed E-state index contributed by atoms with van der Waals surface area (Å²) in [5.74, 6) is 0. The van der Waals surface area contributed by atoms with Gasteiger partial charge in [0, 0.05) is 0 Å². The van der Waals surface area contributed by atoms with E-state index < -0.39 is 0 Å². The van der Waals surface area contributed by atoms with Crippen molar-refractivity contribution >= 4 is 24.7 Å². The molecule has 23 valence electrons. The van der Waals surface area contributed by atoms with Gasteiger partial charge in [0.2, 0.25) is 0 Å². The third-order valence-electron chi connectivity index (χ3n) is 0. The summed E-state index contributed by atoms with van der Waals surface area (Å²) in [6, 6.07) is 0. The van der Waals surface area contributed by atoms with Gasteiger partial charge in [-0.15, -0.1) is 0 Å². The van der Waals surface area contributed by atoms with Gasteiger partial charge in [-0.3, -0.25) is 0 Å². The van der Waals surface area contributed by atoms with Crippen molar-refractivity contribution in [1.82, 2.24) is 0 Å². The van der Waals surface area contributed by atoms with Gasteiger partial charge in [-0.1, -0.05) is 0 Å². The van der Waals surface area contributed by atoms with Gasteiger partial charge < -0.3 is 0 Å². The van der Waals surface area contributed by atoms with Crippen molar-refractivity contribution in [3.63, 3.8) is 0 Å². The van der Waals surface area contributed by atoms with Crippen LogP contribution < -0.4 is 0 Å². The Kier molecular flexibility index (Phi) is 65.7. The molecular formula is HBiNbO2. The van der Waals surface area contributed by atoms with E-state index in [1.165, 1.54) is 0 Å². The molecule has 0 N–H and O–H groups in total. The Morgan fingerprint density at radius 3 is 1.25 bits per heavy atom. The quantitative estimate of drug-likeness (QED) is 0.539. The second kappa shape index (κ2) is 29.3. The van der Waals surface area contributed by atoms with E-state index in [0.717, 1.165) is 0 Å². The van der Waals surface area contributed by atoms with E-state index in [4.69, 9.17) is 6.06 Å². The van der Waals surface area contributed by atoms with E-state index in [9.17, 15) is 0 Å². The SMILES string of the molecule is [O]=[BiH].[O]=[Nb]. The molecule has 0 atom stereocenters. The summed E-state index contributed by atoms with van der Waals surface area (Å²) in [4.78, 5) is 0.